The maximum Gasteiger partial charge on any atom is 0.416 e. The molecule has 4 aromatic carbocycles. The predicted octanol–water partition coefficient (Wildman–Crippen LogP) is 11.3. The molecule has 0 aliphatic heterocycles. The molecular formula is C35H24F12O2. The molecule has 1 spiro atoms. The molecule has 0 heterocycles. The topological polar surface area (TPSA) is 40.5 Å². The van der Waals surface area contributed by atoms with Crippen molar-refractivity contribution in [3.05, 3.63) is 104 Å². The molecule has 6 rings (SSSR count). The second kappa shape index (κ2) is 10.8. The SMILES string of the molecule is Cc1cc(-c2cc(C(F)(F)F)cc(C(F)(F)F)c2)c(O)c2c1CCC21CCc2c(C)cc(-c3cc(C(F)(F)F)cc(C(F)(F)F)c3)c(O)c21. The van der Waals surface area contributed by atoms with Gasteiger partial charge in [0.2, 0.25) is 0 Å². The van der Waals surface area contributed by atoms with Crippen LogP contribution in [0, 0.1) is 13.8 Å². The normalized spacial score (nSPS) is 16.0. The molecule has 2 aliphatic carbocycles. The zero-order chi connectivity index (χ0) is 36.2. The number of fused-ring (bicyclic) bond motifs is 4. The van der Waals surface area contributed by atoms with Gasteiger partial charge in [0, 0.05) is 27.7 Å². The summed E-state index contributed by atoms with van der Waals surface area (Å²) in [4.78, 5) is 0. The van der Waals surface area contributed by atoms with Gasteiger partial charge in [-0.3, -0.25) is 0 Å². The maximum atomic E-state index is 13.7. The van der Waals surface area contributed by atoms with Crippen LogP contribution >= 0.6 is 0 Å². The van der Waals surface area contributed by atoms with Crippen LogP contribution in [0.3, 0.4) is 0 Å². The van der Waals surface area contributed by atoms with Crippen molar-refractivity contribution in [3.63, 3.8) is 0 Å². The fourth-order valence-corrected chi connectivity index (χ4v) is 7.46. The Morgan fingerprint density at radius 3 is 1.02 bits per heavy atom. The lowest BCUT2D eigenvalue weighted by Crippen LogP contribution is -2.22. The molecule has 0 fully saturated rings. The fraction of sp³-hybridized carbons (Fsp3) is 0.314. The molecular weight excluding hydrogens is 680 g/mol. The second-order valence-corrected chi connectivity index (χ2v) is 12.6. The third-order valence-corrected chi connectivity index (χ3v) is 9.62. The van der Waals surface area contributed by atoms with Crippen molar-refractivity contribution in [1.82, 2.24) is 0 Å². The van der Waals surface area contributed by atoms with Crippen LogP contribution in [0.1, 0.15) is 68.5 Å². The summed E-state index contributed by atoms with van der Waals surface area (Å²) < 4.78 is 165. The Kier molecular flexibility index (Phi) is 7.62. The summed E-state index contributed by atoms with van der Waals surface area (Å²) in [5.41, 5.74) is -7.48. The number of phenolic OH excluding ortho intramolecular Hbond substituents is 2. The van der Waals surface area contributed by atoms with E-state index < -0.39 is 75.0 Å². The van der Waals surface area contributed by atoms with E-state index in [9.17, 15) is 62.9 Å². The minimum Gasteiger partial charge on any atom is -0.507 e. The molecule has 0 amide bonds. The van der Waals surface area contributed by atoms with Gasteiger partial charge in [-0.25, -0.2) is 0 Å². The van der Waals surface area contributed by atoms with Gasteiger partial charge in [0.1, 0.15) is 11.5 Å². The van der Waals surface area contributed by atoms with E-state index in [-0.39, 0.29) is 60.1 Å². The Bertz CT molecular complexity index is 1800. The Labute approximate surface area is 270 Å². The van der Waals surface area contributed by atoms with Crippen LogP contribution in [-0.4, -0.2) is 10.2 Å². The van der Waals surface area contributed by atoms with Crippen molar-refractivity contribution in [2.24, 2.45) is 0 Å². The number of halogens is 12. The van der Waals surface area contributed by atoms with Crippen molar-refractivity contribution >= 4 is 0 Å². The summed E-state index contributed by atoms with van der Waals surface area (Å²) in [6.07, 6.45) is -19.8. The molecule has 0 saturated carbocycles. The smallest absolute Gasteiger partial charge is 0.416 e. The van der Waals surface area contributed by atoms with Crippen molar-refractivity contribution in [3.8, 4) is 33.8 Å². The molecule has 14 heteroatoms. The monoisotopic (exact) mass is 704 g/mol. The van der Waals surface area contributed by atoms with Crippen LogP contribution in [0.2, 0.25) is 0 Å². The lowest BCUT2D eigenvalue weighted by molar-refractivity contribution is -0.144. The van der Waals surface area contributed by atoms with Crippen LogP contribution in [0.25, 0.3) is 22.3 Å². The summed E-state index contributed by atoms with van der Waals surface area (Å²) >= 11 is 0. The molecule has 4 aromatic rings. The first-order valence-electron chi connectivity index (χ1n) is 14.7. The molecule has 2 nitrogen and oxygen atoms in total. The summed E-state index contributed by atoms with van der Waals surface area (Å²) in [6, 6.07) is 4.35. The number of aromatic hydroxyl groups is 2. The van der Waals surface area contributed by atoms with E-state index >= 15 is 0 Å². The number of benzene rings is 4. The fourth-order valence-electron chi connectivity index (χ4n) is 7.46. The largest absolute Gasteiger partial charge is 0.507 e. The number of phenols is 2. The van der Waals surface area contributed by atoms with Crippen LogP contribution in [-0.2, 0) is 43.0 Å². The van der Waals surface area contributed by atoms with E-state index in [1.165, 1.54) is 12.1 Å². The van der Waals surface area contributed by atoms with Crippen molar-refractivity contribution in [2.75, 3.05) is 0 Å². The molecule has 0 saturated heterocycles. The van der Waals surface area contributed by atoms with Gasteiger partial charge in [-0.1, -0.05) is 0 Å². The van der Waals surface area contributed by atoms with Crippen LogP contribution in [0.5, 0.6) is 11.5 Å². The van der Waals surface area contributed by atoms with Crippen molar-refractivity contribution < 1.29 is 62.9 Å². The highest BCUT2D eigenvalue weighted by atomic mass is 19.4. The first kappa shape index (κ1) is 34.5. The van der Waals surface area contributed by atoms with E-state index in [0.717, 1.165) is 0 Å². The first-order chi connectivity index (χ1) is 22.4. The highest BCUT2D eigenvalue weighted by molar-refractivity contribution is 5.82. The number of aryl methyl sites for hydroxylation is 2. The van der Waals surface area contributed by atoms with Crippen molar-refractivity contribution in [2.45, 2.75) is 69.7 Å². The van der Waals surface area contributed by atoms with Gasteiger partial charge >= 0.3 is 24.7 Å². The summed E-state index contributed by atoms with van der Waals surface area (Å²) in [5, 5.41) is 23.5. The van der Waals surface area contributed by atoms with Crippen molar-refractivity contribution in [1.29, 1.82) is 0 Å². The molecule has 0 radical (unpaired) electrons. The number of hydrogen-bond donors (Lipinski definition) is 2. The van der Waals surface area contributed by atoms with Gasteiger partial charge in [-0.2, -0.15) is 52.7 Å². The Morgan fingerprint density at radius 1 is 0.469 bits per heavy atom. The van der Waals surface area contributed by atoms with Gasteiger partial charge in [0.25, 0.3) is 0 Å². The molecule has 0 aromatic heterocycles. The van der Waals surface area contributed by atoms with Crippen LogP contribution < -0.4 is 0 Å². The second-order valence-electron chi connectivity index (χ2n) is 12.6. The molecule has 49 heavy (non-hydrogen) atoms. The van der Waals surface area contributed by atoms with Gasteiger partial charge < -0.3 is 10.2 Å². The average Bonchev–Trinajstić information content (AvgIpc) is 3.57. The highest BCUT2D eigenvalue weighted by Gasteiger charge is 2.50. The zero-order valence-corrected chi connectivity index (χ0v) is 25.4. The van der Waals surface area contributed by atoms with Crippen LogP contribution in [0.4, 0.5) is 52.7 Å². The first-order valence-corrected chi connectivity index (χ1v) is 14.7. The molecule has 260 valence electrons. The molecule has 0 atom stereocenters. The highest BCUT2D eigenvalue weighted by Crippen LogP contribution is 2.61. The lowest BCUT2D eigenvalue weighted by atomic mass is 9.73. The quantitative estimate of drug-likeness (QED) is 0.204. The number of hydrogen-bond acceptors (Lipinski definition) is 2. The zero-order valence-electron chi connectivity index (χ0n) is 25.4. The van der Waals surface area contributed by atoms with Gasteiger partial charge in [0.05, 0.1) is 22.3 Å². The van der Waals surface area contributed by atoms with Gasteiger partial charge in [-0.15, -0.1) is 0 Å². The number of rotatable bonds is 2. The Balaban J connectivity index is 1.61. The van der Waals surface area contributed by atoms with Gasteiger partial charge in [0.15, 0.2) is 0 Å². The standard InChI is InChI=1S/C35H24F12O2/c1-15-7-25(17-9-19(32(36,37)38)13-20(10-17)33(39,40)41)29(48)27-23(15)3-5-31(27)6-4-24-16(2)8-26(30(49)28(24)31)18-11-21(34(42,43)44)14-22(12-18)35(45,46)47/h7-14,48-49H,3-6H2,1-2H3. The lowest BCUT2D eigenvalue weighted by Gasteiger charge is -2.30. The third-order valence-electron chi connectivity index (χ3n) is 9.62. The van der Waals surface area contributed by atoms with E-state index in [1.54, 1.807) is 13.8 Å². The number of alkyl halides is 12. The van der Waals surface area contributed by atoms with Gasteiger partial charge in [-0.05, 0) is 121 Å². The van der Waals surface area contributed by atoms with Crippen LogP contribution in [0.15, 0.2) is 48.5 Å². The average molecular weight is 705 g/mol. The molecule has 2 aliphatic rings. The summed E-state index contributed by atoms with van der Waals surface area (Å²) in [5.74, 6) is -1.28. The minimum absolute atomic E-state index is 0.0458. The van der Waals surface area contributed by atoms with E-state index in [4.69, 9.17) is 0 Å². The molecule has 0 unspecified atom stereocenters. The van der Waals surface area contributed by atoms with E-state index in [2.05, 4.69) is 0 Å². The van der Waals surface area contributed by atoms with E-state index in [1.807, 2.05) is 0 Å². The Hall–Kier alpha value is -4.36. The third kappa shape index (κ3) is 5.66. The Morgan fingerprint density at radius 2 is 0.755 bits per heavy atom. The molecule has 0 bridgehead atoms. The summed E-state index contributed by atoms with van der Waals surface area (Å²) in [6.45, 7) is 3.11. The molecule has 2 N–H and O–H groups in total. The van der Waals surface area contributed by atoms with E-state index in [0.29, 0.717) is 46.5 Å². The minimum atomic E-state index is -5.17. The summed E-state index contributed by atoms with van der Waals surface area (Å²) in [7, 11) is 0. The predicted molar refractivity (Wildman–Crippen MR) is 154 cm³/mol. The maximum absolute atomic E-state index is 13.7.